The summed E-state index contributed by atoms with van der Waals surface area (Å²) >= 11 is 3.80. The van der Waals surface area contributed by atoms with Gasteiger partial charge in [-0.25, -0.2) is 0 Å². The lowest BCUT2D eigenvalue weighted by Crippen LogP contribution is -2.62. The van der Waals surface area contributed by atoms with Gasteiger partial charge in [0, 0.05) is 36.6 Å². The van der Waals surface area contributed by atoms with Gasteiger partial charge in [0.05, 0.1) is 15.8 Å². The van der Waals surface area contributed by atoms with Crippen molar-refractivity contribution in [3.8, 4) is 11.1 Å². The van der Waals surface area contributed by atoms with Crippen molar-refractivity contribution in [3.63, 3.8) is 0 Å². The molecule has 0 N–H and O–H groups in total. The third kappa shape index (κ3) is 5.55. The minimum absolute atomic E-state index is 0.475. The fourth-order valence-corrected chi connectivity index (χ4v) is 16.8. The number of hydrogen-bond acceptors (Lipinski definition) is 3. The molecule has 296 valence electrons. The molecule has 1 unspecified atom stereocenters. The van der Waals surface area contributed by atoms with E-state index in [1.165, 1.54) is 101 Å². The van der Waals surface area contributed by atoms with Crippen LogP contribution in [-0.2, 0) is 5.41 Å². The molecule has 10 aromatic carbocycles. The number of thiophene rings is 1. The summed E-state index contributed by atoms with van der Waals surface area (Å²) < 4.78 is 2.60. The minimum atomic E-state index is -2.04. The van der Waals surface area contributed by atoms with Gasteiger partial charge in [-0.05, 0) is 103 Å². The topological polar surface area (TPSA) is 3.24 Å². The number of benzene rings is 10. The first-order valence-electron chi connectivity index (χ1n) is 21.7. The van der Waals surface area contributed by atoms with Crippen molar-refractivity contribution in [2.24, 2.45) is 0 Å². The Hall–Kier alpha value is -6.95. The van der Waals surface area contributed by atoms with Crippen molar-refractivity contribution in [2.45, 2.75) is 15.2 Å². The Bertz CT molecular complexity index is 3520. The summed E-state index contributed by atoms with van der Waals surface area (Å²) in [5.41, 5.74) is 11.0. The maximum Gasteiger partial charge on any atom is 0.133 e. The van der Waals surface area contributed by atoms with Gasteiger partial charge in [-0.1, -0.05) is 199 Å². The summed E-state index contributed by atoms with van der Waals surface area (Å²) in [6, 6.07) is 86.9. The molecule has 1 atom stereocenters. The Labute approximate surface area is 377 Å². The summed E-state index contributed by atoms with van der Waals surface area (Å²) in [4.78, 5) is 5.18. The molecule has 0 aliphatic carbocycles. The van der Waals surface area contributed by atoms with Crippen LogP contribution in [0.2, 0.25) is 0 Å². The van der Waals surface area contributed by atoms with Crippen molar-refractivity contribution in [1.82, 2.24) is 0 Å². The molecule has 1 spiro atoms. The molecule has 63 heavy (non-hydrogen) atoms. The number of fused-ring (bicyclic) bond motifs is 12. The Morgan fingerprint density at radius 3 is 1.83 bits per heavy atom. The van der Waals surface area contributed by atoms with E-state index in [-0.39, 0.29) is 0 Å². The van der Waals surface area contributed by atoms with Crippen LogP contribution in [-0.4, -0.2) is 8.80 Å². The third-order valence-corrected chi connectivity index (χ3v) is 19.1. The molecule has 4 heteroatoms. The normalized spacial score (nSPS) is 14.6. The van der Waals surface area contributed by atoms with E-state index >= 15 is 0 Å². The maximum atomic E-state index is 2.59. The molecule has 0 saturated carbocycles. The quantitative estimate of drug-likeness (QED) is 0.159. The summed E-state index contributed by atoms with van der Waals surface area (Å²) in [7, 11) is -2.04. The van der Waals surface area contributed by atoms with Crippen molar-refractivity contribution >= 4 is 95.5 Å². The van der Waals surface area contributed by atoms with Crippen LogP contribution in [0.5, 0.6) is 0 Å². The van der Waals surface area contributed by atoms with E-state index in [4.69, 9.17) is 0 Å². The predicted molar refractivity (Wildman–Crippen MR) is 272 cm³/mol. The highest BCUT2D eigenvalue weighted by atomic mass is 32.2. The van der Waals surface area contributed by atoms with Gasteiger partial charge < -0.3 is 4.90 Å². The average molecular weight is 854 g/mol. The Balaban J connectivity index is 1.09. The summed E-state index contributed by atoms with van der Waals surface area (Å²) in [5.74, 6) is 0. The van der Waals surface area contributed by atoms with Gasteiger partial charge in [-0.3, -0.25) is 0 Å². The summed E-state index contributed by atoms with van der Waals surface area (Å²) in [6.45, 7) is 0. The second-order valence-corrected chi connectivity index (χ2v) is 21.6. The average Bonchev–Trinajstić information content (AvgIpc) is 3.74. The maximum absolute atomic E-state index is 2.59. The second-order valence-electron chi connectivity index (χ2n) is 16.7. The Kier molecular flexibility index (Phi) is 8.48. The van der Waals surface area contributed by atoms with Gasteiger partial charge in [0.2, 0.25) is 0 Å². The monoisotopic (exact) mass is 853 g/mol. The van der Waals surface area contributed by atoms with Crippen LogP contribution in [0.15, 0.2) is 240 Å². The lowest BCUT2D eigenvalue weighted by Gasteiger charge is -2.48. The third-order valence-electron chi connectivity index (χ3n) is 13.5. The van der Waals surface area contributed by atoms with E-state index in [1.807, 2.05) is 23.1 Å². The SMILES string of the molecule is c1ccc([SiH]2c3ccccc3C3(c4ccccc4Sc4ccccc43)c3ccc(N(c4ccc(-c5cccc6ccccc56)cc4)c4cccc5c4sc4ccccc45)cc32)cc1. The minimum Gasteiger partial charge on any atom is -0.309 e. The van der Waals surface area contributed by atoms with E-state index in [0.29, 0.717) is 0 Å². The van der Waals surface area contributed by atoms with Gasteiger partial charge in [0.25, 0.3) is 0 Å². The van der Waals surface area contributed by atoms with E-state index in [1.54, 1.807) is 0 Å². The molecule has 2 aliphatic rings. The zero-order valence-corrected chi connectivity index (χ0v) is 37.1. The van der Waals surface area contributed by atoms with Crippen LogP contribution in [0.4, 0.5) is 17.1 Å². The highest BCUT2D eigenvalue weighted by molar-refractivity contribution is 7.99. The Morgan fingerprint density at radius 2 is 1.02 bits per heavy atom. The standard InChI is InChI=1S/C59H39NS2Si/c1-2-18-43(19-3-1)63-56-31-13-9-26-50(56)59(48-24-7-11-29-54(48)61-55-30-12-8-25-49(55)59)51-37-36-42(38-57(51)63)60(52-27-15-23-47-46-21-6-10-28-53(46)62-58(47)52)41-34-32-40(33-35-41)45-22-14-17-39-16-4-5-20-44(39)45/h1-38,63H. The van der Waals surface area contributed by atoms with Gasteiger partial charge >= 0.3 is 0 Å². The molecule has 13 rings (SSSR count). The van der Waals surface area contributed by atoms with Crippen molar-refractivity contribution < 1.29 is 0 Å². The number of anilines is 3. The van der Waals surface area contributed by atoms with E-state index in [0.717, 1.165) is 5.69 Å². The molecule has 11 aromatic rings. The first-order chi connectivity index (χ1) is 31.3. The van der Waals surface area contributed by atoms with Crippen molar-refractivity contribution in [2.75, 3.05) is 4.90 Å². The van der Waals surface area contributed by atoms with Crippen molar-refractivity contribution in [3.05, 3.63) is 253 Å². The highest BCUT2D eigenvalue weighted by Gasteiger charge is 2.50. The van der Waals surface area contributed by atoms with Crippen LogP contribution in [0.25, 0.3) is 42.1 Å². The summed E-state index contributed by atoms with van der Waals surface area (Å²) in [5, 5.41) is 9.51. The largest absolute Gasteiger partial charge is 0.309 e. The fraction of sp³-hybridized carbons (Fsp3) is 0.0169. The number of rotatable bonds is 5. The molecule has 0 radical (unpaired) electrons. The second kappa shape index (κ2) is 14.6. The molecular weight excluding hydrogens is 815 g/mol. The molecule has 3 heterocycles. The van der Waals surface area contributed by atoms with Gasteiger partial charge in [0.1, 0.15) is 8.80 Å². The Morgan fingerprint density at radius 1 is 0.413 bits per heavy atom. The lowest BCUT2D eigenvalue weighted by molar-refractivity contribution is 0.708. The van der Waals surface area contributed by atoms with E-state index in [9.17, 15) is 0 Å². The number of nitrogens with zero attached hydrogens (tertiary/aromatic N) is 1. The van der Waals surface area contributed by atoms with E-state index in [2.05, 4.69) is 235 Å². The zero-order chi connectivity index (χ0) is 41.5. The van der Waals surface area contributed by atoms with Gasteiger partial charge in [0.15, 0.2) is 0 Å². The first kappa shape index (κ1) is 36.7. The molecule has 2 aliphatic heterocycles. The van der Waals surface area contributed by atoms with Crippen LogP contribution in [0, 0.1) is 0 Å². The molecule has 1 nitrogen and oxygen atoms in total. The first-order valence-corrected chi connectivity index (χ1v) is 25.1. The molecule has 0 amide bonds. The molecule has 0 bridgehead atoms. The van der Waals surface area contributed by atoms with E-state index < -0.39 is 14.2 Å². The fourth-order valence-electron chi connectivity index (χ4n) is 10.9. The predicted octanol–water partition coefficient (Wildman–Crippen LogP) is 13.8. The smallest absolute Gasteiger partial charge is 0.133 e. The summed E-state index contributed by atoms with van der Waals surface area (Å²) in [6.07, 6.45) is 0. The van der Waals surface area contributed by atoms with Crippen LogP contribution in [0.3, 0.4) is 0 Å². The lowest BCUT2D eigenvalue weighted by atomic mass is 9.64. The molecular formula is C59H39NS2Si. The van der Waals surface area contributed by atoms with Crippen LogP contribution < -0.4 is 20.5 Å². The van der Waals surface area contributed by atoms with Crippen LogP contribution >= 0.6 is 23.1 Å². The van der Waals surface area contributed by atoms with Gasteiger partial charge in [-0.15, -0.1) is 11.3 Å². The molecule has 0 fully saturated rings. The number of hydrogen-bond donors (Lipinski definition) is 0. The molecule has 1 aromatic heterocycles. The van der Waals surface area contributed by atoms with Crippen LogP contribution in [0.1, 0.15) is 22.3 Å². The van der Waals surface area contributed by atoms with Crippen molar-refractivity contribution in [1.29, 1.82) is 0 Å². The van der Waals surface area contributed by atoms with Gasteiger partial charge in [-0.2, -0.15) is 0 Å². The zero-order valence-electron chi connectivity index (χ0n) is 34.3. The highest BCUT2D eigenvalue weighted by Crippen LogP contribution is 2.56. The molecule has 0 saturated heterocycles.